The van der Waals surface area contributed by atoms with Crippen molar-refractivity contribution in [1.82, 2.24) is 29.4 Å². The Morgan fingerprint density at radius 1 is 0.643 bits per heavy atom. The zero-order valence-electron chi connectivity index (χ0n) is 24.5. The van der Waals surface area contributed by atoms with E-state index in [1.807, 2.05) is 50.5 Å². The molecule has 0 radical (unpaired) electrons. The second-order valence-electron chi connectivity index (χ2n) is 10.9. The maximum absolute atomic E-state index is 13.2. The van der Waals surface area contributed by atoms with Gasteiger partial charge in [-0.05, 0) is 60.6 Å². The average molecular weight is 613 g/mol. The maximum Gasteiger partial charge on any atom is 0.276 e. The van der Waals surface area contributed by atoms with Gasteiger partial charge in [-0.15, -0.1) is 0 Å². The van der Waals surface area contributed by atoms with Crippen molar-refractivity contribution in [3.8, 4) is 0 Å². The van der Waals surface area contributed by atoms with Gasteiger partial charge in [0.2, 0.25) is 0 Å². The summed E-state index contributed by atoms with van der Waals surface area (Å²) in [5.41, 5.74) is 2.89. The molecule has 0 N–H and O–H groups in total. The van der Waals surface area contributed by atoms with Crippen LogP contribution in [-0.2, 0) is 19.1 Å². The Labute approximate surface area is 259 Å². The van der Waals surface area contributed by atoms with Crippen LogP contribution in [0.1, 0.15) is 24.0 Å². The Kier molecular flexibility index (Phi) is 10.3. The molecule has 42 heavy (non-hydrogen) atoms. The van der Waals surface area contributed by atoms with E-state index in [1.54, 1.807) is 19.6 Å². The largest absolute Gasteiger partial charge is 0.379 e. The Morgan fingerprint density at radius 3 is 1.36 bits per heavy atom. The Hall–Kier alpha value is -2.74. The number of benzene rings is 1. The number of likely N-dealkylation sites (N-methyl/N-ethyl adjacent to an activating group) is 2. The van der Waals surface area contributed by atoms with Crippen LogP contribution in [0.2, 0.25) is 0 Å². The van der Waals surface area contributed by atoms with E-state index in [-0.39, 0.29) is 11.8 Å². The highest BCUT2D eigenvalue weighted by Crippen LogP contribution is 2.25. The molecular weight excluding hydrogens is 573 g/mol. The van der Waals surface area contributed by atoms with Crippen molar-refractivity contribution < 1.29 is 19.1 Å². The molecule has 4 aliphatic heterocycles. The molecule has 4 fully saturated rings. The van der Waals surface area contributed by atoms with Crippen LogP contribution in [0.5, 0.6) is 0 Å². The molecule has 4 heterocycles. The van der Waals surface area contributed by atoms with Gasteiger partial charge in [-0.1, -0.05) is 24.3 Å². The summed E-state index contributed by atoms with van der Waals surface area (Å²) in [6, 6.07) is 7.79. The highest BCUT2D eigenvalue weighted by molar-refractivity contribution is 7.80. The molecule has 0 aromatic heterocycles. The summed E-state index contributed by atoms with van der Waals surface area (Å²) in [6.07, 6.45) is 5.45. The zero-order chi connectivity index (χ0) is 29.6. The molecular formula is C30H40N6O4S2. The molecule has 0 aliphatic carbocycles. The van der Waals surface area contributed by atoms with E-state index >= 15 is 0 Å². The Bertz CT molecular complexity index is 1150. The summed E-state index contributed by atoms with van der Waals surface area (Å²) < 4.78 is 10.8. The van der Waals surface area contributed by atoms with Crippen molar-refractivity contribution in [1.29, 1.82) is 0 Å². The van der Waals surface area contributed by atoms with Gasteiger partial charge >= 0.3 is 0 Å². The zero-order valence-corrected chi connectivity index (χ0v) is 26.1. The monoisotopic (exact) mass is 612 g/mol. The molecule has 1 aromatic carbocycles. The minimum atomic E-state index is -0.0731. The second-order valence-corrected chi connectivity index (χ2v) is 11.7. The summed E-state index contributed by atoms with van der Waals surface area (Å²) in [7, 11) is 3.67. The molecule has 4 aliphatic rings. The minimum Gasteiger partial charge on any atom is -0.379 e. The number of amides is 2. The van der Waals surface area contributed by atoms with Gasteiger partial charge in [0.1, 0.15) is 11.4 Å². The predicted octanol–water partition coefficient (Wildman–Crippen LogP) is 1.93. The Morgan fingerprint density at radius 2 is 1.00 bits per heavy atom. The average Bonchev–Trinajstić information content (AvgIpc) is 3.33. The van der Waals surface area contributed by atoms with Gasteiger partial charge in [0.05, 0.1) is 26.4 Å². The van der Waals surface area contributed by atoms with Crippen LogP contribution >= 0.6 is 24.4 Å². The highest BCUT2D eigenvalue weighted by Gasteiger charge is 2.36. The molecule has 0 bridgehead atoms. The maximum atomic E-state index is 13.2. The summed E-state index contributed by atoms with van der Waals surface area (Å²) >= 11 is 11.2. The van der Waals surface area contributed by atoms with E-state index in [9.17, 15) is 9.59 Å². The number of carbonyl (C=O) groups excluding carboxylic acids is 2. The van der Waals surface area contributed by atoms with E-state index in [4.69, 9.17) is 33.9 Å². The smallest absolute Gasteiger partial charge is 0.276 e. The van der Waals surface area contributed by atoms with Crippen molar-refractivity contribution in [3.05, 3.63) is 46.8 Å². The summed E-state index contributed by atoms with van der Waals surface area (Å²) in [5.74, 6) is -0.146. The number of hydrogen-bond donors (Lipinski definition) is 0. The number of thiocarbonyl (C=S) groups is 2. The molecule has 0 saturated carbocycles. The number of morpholine rings is 2. The number of ether oxygens (including phenoxy) is 2. The van der Waals surface area contributed by atoms with Crippen molar-refractivity contribution in [2.75, 3.05) is 92.9 Å². The van der Waals surface area contributed by atoms with Gasteiger partial charge in [-0.3, -0.25) is 29.2 Å². The van der Waals surface area contributed by atoms with E-state index in [1.165, 1.54) is 0 Å². The fourth-order valence-corrected chi connectivity index (χ4v) is 6.12. The lowest BCUT2D eigenvalue weighted by atomic mass is 10.1. The lowest BCUT2D eigenvalue weighted by Gasteiger charge is -2.27. The standard InChI is InChI=1S/C30H40N6O4S2/c1-31-25(27(37)35(29(31)41)11-3-9-33-13-17-39-18-14-33)21-23-5-7-24(8-6-23)22-26-28(38)36(30(42)32(26)2)12-4-10-34-15-19-40-20-16-34/h5-8,21-22H,3-4,9-20H2,1-2H3/b25-21-,26-22+. The second kappa shape index (κ2) is 14.2. The van der Waals surface area contributed by atoms with Gasteiger partial charge in [0, 0.05) is 66.5 Å². The molecule has 10 nitrogen and oxygen atoms in total. The van der Waals surface area contributed by atoms with Crippen molar-refractivity contribution in [2.45, 2.75) is 12.8 Å². The third kappa shape index (κ3) is 7.07. The van der Waals surface area contributed by atoms with Gasteiger partial charge < -0.3 is 19.3 Å². The topological polar surface area (TPSA) is 72.0 Å². The third-order valence-electron chi connectivity index (χ3n) is 8.15. The minimum absolute atomic E-state index is 0.0731. The number of nitrogens with zero attached hydrogens (tertiary/aromatic N) is 6. The number of hydrogen-bond acceptors (Lipinski definition) is 8. The van der Waals surface area contributed by atoms with Gasteiger partial charge in [-0.25, -0.2) is 0 Å². The van der Waals surface area contributed by atoms with Crippen molar-refractivity contribution >= 4 is 58.6 Å². The lowest BCUT2D eigenvalue weighted by Crippen LogP contribution is -2.39. The molecule has 0 spiro atoms. The molecule has 12 heteroatoms. The summed E-state index contributed by atoms with van der Waals surface area (Å²) in [5, 5.41) is 1.06. The Balaban J connectivity index is 1.18. The number of rotatable bonds is 10. The van der Waals surface area contributed by atoms with Crippen molar-refractivity contribution in [3.63, 3.8) is 0 Å². The van der Waals surface area contributed by atoms with Crippen LogP contribution in [0.4, 0.5) is 0 Å². The number of carbonyl (C=O) groups is 2. The summed E-state index contributed by atoms with van der Waals surface area (Å²) in [6.45, 7) is 9.82. The third-order valence-corrected chi connectivity index (χ3v) is 9.14. The molecule has 226 valence electrons. The molecule has 4 saturated heterocycles. The molecule has 0 unspecified atom stereocenters. The van der Waals surface area contributed by atoms with Crippen LogP contribution in [-0.4, -0.2) is 144 Å². The van der Waals surface area contributed by atoms with Gasteiger partial charge in [-0.2, -0.15) is 0 Å². The van der Waals surface area contributed by atoms with E-state index in [0.29, 0.717) is 34.7 Å². The van der Waals surface area contributed by atoms with E-state index < -0.39 is 0 Å². The van der Waals surface area contributed by atoms with Crippen LogP contribution in [0, 0.1) is 0 Å². The van der Waals surface area contributed by atoms with Gasteiger partial charge in [0.25, 0.3) is 11.8 Å². The predicted molar refractivity (Wildman–Crippen MR) is 170 cm³/mol. The van der Waals surface area contributed by atoms with Crippen LogP contribution < -0.4 is 0 Å². The van der Waals surface area contributed by atoms with Crippen molar-refractivity contribution in [2.24, 2.45) is 0 Å². The van der Waals surface area contributed by atoms with E-state index in [2.05, 4.69) is 9.80 Å². The first kappa shape index (κ1) is 30.7. The fraction of sp³-hybridized carbons (Fsp3) is 0.533. The molecule has 0 atom stereocenters. The van der Waals surface area contributed by atoms with Crippen LogP contribution in [0.3, 0.4) is 0 Å². The quantitative estimate of drug-likeness (QED) is 0.289. The van der Waals surface area contributed by atoms with Crippen LogP contribution in [0.15, 0.2) is 35.7 Å². The SMILES string of the molecule is CN1C(=S)N(CCCN2CCOCC2)C(=O)/C1=C/c1ccc(/C=C2\C(=O)N(CCCN3CCOCC3)C(=S)N2C)cc1. The molecule has 1 aromatic rings. The first-order valence-corrected chi connectivity index (χ1v) is 15.5. The normalized spacial score (nSPS) is 23.0. The fourth-order valence-electron chi connectivity index (χ4n) is 5.58. The first-order chi connectivity index (χ1) is 20.3. The van der Waals surface area contributed by atoms with Crippen LogP contribution in [0.25, 0.3) is 12.2 Å². The molecule has 5 rings (SSSR count). The molecule has 2 amide bonds. The summed E-state index contributed by atoms with van der Waals surface area (Å²) in [4.78, 5) is 38.1. The first-order valence-electron chi connectivity index (χ1n) is 14.7. The van der Waals surface area contributed by atoms with Gasteiger partial charge in [0.15, 0.2) is 10.2 Å². The highest BCUT2D eigenvalue weighted by atomic mass is 32.1. The lowest BCUT2D eigenvalue weighted by molar-refractivity contribution is -0.123. The van der Waals surface area contributed by atoms with E-state index in [0.717, 1.165) is 89.7 Å².